The van der Waals surface area contributed by atoms with Gasteiger partial charge in [0, 0.05) is 7.05 Å². The lowest BCUT2D eigenvalue weighted by Crippen LogP contribution is -2.10. The molecule has 0 atom stereocenters. The molecule has 0 aliphatic carbocycles. The third-order valence-corrected chi connectivity index (χ3v) is 2.45. The van der Waals surface area contributed by atoms with E-state index in [0.29, 0.717) is 10.7 Å². The van der Waals surface area contributed by atoms with Gasteiger partial charge in [-0.1, -0.05) is 6.07 Å². The lowest BCUT2D eigenvalue weighted by atomic mass is 10.4. The Labute approximate surface area is 84.4 Å². The van der Waals surface area contributed by atoms with Crippen LogP contribution in [0.25, 0.3) is 0 Å². The van der Waals surface area contributed by atoms with Crippen molar-refractivity contribution in [2.75, 3.05) is 5.32 Å². The number of nitrogens with one attached hydrogen (secondary N) is 1. The third kappa shape index (κ3) is 1.80. The highest BCUT2D eigenvalue weighted by Crippen LogP contribution is 2.10. The lowest BCUT2D eigenvalue weighted by Gasteiger charge is -1.96. The van der Waals surface area contributed by atoms with Crippen molar-refractivity contribution in [3.63, 3.8) is 0 Å². The standard InChI is InChI=1S/C8H8N4OS/c1-12-9-5-7(11-12)10-8(13)6-3-2-4-14-6/h2-5H,1H3,(H,10,11,13). The summed E-state index contributed by atoms with van der Waals surface area (Å²) < 4.78 is 0. The van der Waals surface area contributed by atoms with Crippen LogP contribution in [0.2, 0.25) is 0 Å². The Morgan fingerprint density at radius 1 is 1.64 bits per heavy atom. The van der Waals surface area contributed by atoms with Gasteiger partial charge < -0.3 is 5.32 Å². The van der Waals surface area contributed by atoms with Crippen LogP contribution in [0.3, 0.4) is 0 Å². The van der Waals surface area contributed by atoms with Gasteiger partial charge in [0.1, 0.15) is 0 Å². The van der Waals surface area contributed by atoms with Crippen molar-refractivity contribution in [3.8, 4) is 0 Å². The molecule has 0 radical (unpaired) electrons. The third-order valence-electron chi connectivity index (χ3n) is 1.59. The van der Waals surface area contributed by atoms with Crippen LogP contribution < -0.4 is 5.32 Å². The van der Waals surface area contributed by atoms with E-state index >= 15 is 0 Å². The Balaban J connectivity index is 2.09. The van der Waals surface area contributed by atoms with Gasteiger partial charge in [-0.2, -0.15) is 9.90 Å². The van der Waals surface area contributed by atoms with Crippen molar-refractivity contribution in [1.82, 2.24) is 15.0 Å². The zero-order valence-electron chi connectivity index (χ0n) is 7.47. The molecule has 2 aromatic heterocycles. The second-order valence-electron chi connectivity index (χ2n) is 2.65. The minimum atomic E-state index is -0.152. The molecular formula is C8H8N4OS. The molecule has 5 nitrogen and oxygen atoms in total. The van der Waals surface area contributed by atoms with E-state index < -0.39 is 0 Å². The zero-order valence-corrected chi connectivity index (χ0v) is 8.28. The first-order valence-electron chi connectivity index (χ1n) is 3.97. The van der Waals surface area contributed by atoms with E-state index in [4.69, 9.17) is 0 Å². The average Bonchev–Trinajstić information content (AvgIpc) is 2.75. The Morgan fingerprint density at radius 3 is 3.07 bits per heavy atom. The summed E-state index contributed by atoms with van der Waals surface area (Å²) in [5.41, 5.74) is 0. The van der Waals surface area contributed by atoms with Crippen LogP contribution in [0.15, 0.2) is 23.7 Å². The summed E-state index contributed by atoms with van der Waals surface area (Å²) in [5, 5.41) is 12.3. The van der Waals surface area contributed by atoms with Crippen molar-refractivity contribution < 1.29 is 4.79 Å². The molecule has 0 aromatic carbocycles. The van der Waals surface area contributed by atoms with Gasteiger partial charge in [0.25, 0.3) is 5.91 Å². The van der Waals surface area contributed by atoms with Crippen LogP contribution in [0.5, 0.6) is 0 Å². The number of carbonyl (C=O) groups is 1. The van der Waals surface area contributed by atoms with Crippen molar-refractivity contribution in [2.24, 2.45) is 7.05 Å². The second kappa shape index (κ2) is 3.59. The normalized spacial score (nSPS) is 10.1. The molecular weight excluding hydrogens is 200 g/mol. The Hall–Kier alpha value is -1.69. The summed E-state index contributed by atoms with van der Waals surface area (Å²) in [4.78, 5) is 13.6. The summed E-state index contributed by atoms with van der Waals surface area (Å²) in [7, 11) is 1.70. The van der Waals surface area contributed by atoms with E-state index in [-0.39, 0.29) is 5.91 Å². The van der Waals surface area contributed by atoms with Gasteiger partial charge in [-0.25, -0.2) is 0 Å². The van der Waals surface area contributed by atoms with E-state index in [2.05, 4.69) is 15.5 Å². The first-order valence-corrected chi connectivity index (χ1v) is 4.85. The predicted molar refractivity (Wildman–Crippen MR) is 53.3 cm³/mol. The summed E-state index contributed by atoms with van der Waals surface area (Å²) in [6.45, 7) is 0. The monoisotopic (exact) mass is 208 g/mol. The van der Waals surface area contributed by atoms with Gasteiger partial charge >= 0.3 is 0 Å². The zero-order chi connectivity index (χ0) is 9.97. The first kappa shape index (κ1) is 8.89. The molecule has 2 aromatic rings. The van der Waals surface area contributed by atoms with Crippen molar-refractivity contribution in [3.05, 3.63) is 28.6 Å². The van der Waals surface area contributed by atoms with E-state index in [0.717, 1.165) is 0 Å². The molecule has 1 N–H and O–H groups in total. The average molecular weight is 208 g/mol. The van der Waals surface area contributed by atoms with Crippen LogP contribution in [0, 0.1) is 0 Å². The lowest BCUT2D eigenvalue weighted by molar-refractivity contribution is 0.103. The van der Waals surface area contributed by atoms with Gasteiger partial charge in [-0.05, 0) is 11.4 Å². The summed E-state index contributed by atoms with van der Waals surface area (Å²) in [5.74, 6) is 0.311. The molecule has 0 saturated heterocycles. The fourth-order valence-electron chi connectivity index (χ4n) is 0.989. The van der Waals surface area contributed by atoms with Gasteiger partial charge in [-0.15, -0.1) is 16.4 Å². The van der Waals surface area contributed by atoms with Gasteiger partial charge in [0.05, 0.1) is 11.1 Å². The maximum atomic E-state index is 11.5. The van der Waals surface area contributed by atoms with Crippen LogP contribution in [-0.2, 0) is 7.05 Å². The Kier molecular flexibility index (Phi) is 2.28. The van der Waals surface area contributed by atoms with Gasteiger partial charge in [0.2, 0.25) is 0 Å². The molecule has 6 heteroatoms. The number of hydrogen-bond donors (Lipinski definition) is 1. The molecule has 2 rings (SSSR count). The number of nitrogens with zero attached hydrogens (tertiary/aromatic N) is 3. The van der Waals surface area contributed by atoms with E-state index in [1.807, 2.05) is 11.4 Å². The minimum absolute atomic E-state index is 0.152. The summed E-state index contributed by atoms with van der Waals surface area (Å²) in [6.07, 6.45) is 1.51. The van der Waals surface area contributed by atoms with E-state index in [9.17, 15) is 4.79 Å². The summed E-state index contributed by atoms with van der Waals surface area (Å²) in [6, 6.07) is 3.59. The Morgan fingerprint density at radius 2 is 2.50 bits per heavy atom. The highest BCUT2D eigenvalue weighted by Gasteiger charge is 2.08. The molecule has 2 heterocycles. The number of thiophene rings is 1. The highest BCUT2D eigenvalue weighted by atomic mass is 32.1. The molecule has 0 bridgehead atoms. The minimum Gasteiger partial charge on any atom is -0.303 e. The maximum absolute atomic E-state index is 11.5. The molecule has 0 aliphatic heterocycles. The largest absolute Gasteiger partial charge is 0.303 e. The topological polar surface area (TPSA) is 59.8 Å². The van der Waals surface area contributed by atoms with Crippen LogP contribution in [0.1, 0.15) is 9.67 Å². The smallest absolute Gasteiger partial charge is 0.266 e. The van der Waals surface area contributed by atoms with Crippen LogP contribution >= 0.6 is 11.3 Å². The fourth-order valence-corrected chi connectivity index (χ4v) is 1.61. The fraction of sp³-hybridized carbons (Fsp3) is 0.125. The number of hydrogen-bond acceptors (Lipinski definition) is 4. The Bertz CT molecular complexity index is 434. The molecule has 14 heavy (non-hydrogen) atoms. The van der Waals surface area contributed by atoms with Crippen molar-refractivity contribution in [1.29, 1.82) is 0 Å². The number of rotatable bonds is 2. The SMILES string of the molecule is Cn1ncc(NC(=O)c2cccs2)n1. The molecule has 0 saturated carbocycles. The number of anilines is 1. The highest BCUT2D eigenvalue weighted by molar-refractivity contribution is 7.12. The molecule has 0 fully saturated rings. The second-order valence-corrected chi connectivity index (χ2v) is 3.60. The van der Waals surface area contributed by atoms with Crippen LogP contribution in [0.4, 0.5) is 5.82 Å². The molecule has 72 valence electrons. The molecule has 0 unspecified atom stereocenters. The van der Waals surface area contributed by atoms with Crippen molar-refractivity contribution >= 4 is 23.1 Å². The number of aryl methyl sites for hydroxylation is 1. The molecule has 0 spiro atoms. The number of amides is 1. The van der Waals surface area contributed by atoms with Gasteiger partial charge in [0.15, 0.2) is 5.82 Å². The predicted octanol–water partition coefficient (Wildman–Crippen LogP) is 1.13. The molecule has 0 aliphatic rings. The first-order chi connectivity index (χ1) is 6.75. The van der Waals surface area contributed by atoms with Gasteiger partial charge in [-0.3, -0.25) is 4.79 Å². The maximum Gasteiger partial charge on any atom is 0.266 e. The van der Waals surface area contributed by atoms with Crippen LogP contribution in [-0.4, -0.2) is 20.9 Å². The molecule has 1 amide bonds. The summed E-state index contributed by atoms with van der Waals surface area (Å²) >= 11 is 1.39. The quantitative estimate of drug-likeness (QED) is 0.804. The number of carbonyl (C=O) groups excluding carboxylic acids is 1. The van der Waals surface area contributed by atoms with E-state index in [1.54, 1.807) is 13.1 Å². The number of aromatic nitrogens is 3. The van der Waals surface area contributed by atoms with E-state index in [1.165, 1.54) is 22.3 Å². The van der Waals surface area contributed by atoms with Crippen molar-refractivity contribution in [2.45, 2.75) is 0 Å².